The number of benzene rings is 1. The molecule has 2 heterocycles. The number of hydrogen-bond acceptors (Lipinski definition) is 6. The van der Waals surface area contributed by atoms with Gasteiger partial charge in [-0.25, -0.2) is 4.79 Å². The number of hydrogen-bond donors (Lipinski definition) is 1. The average molecular weight is 414 g/mol. The molecular weight excluding hydrogens is 392 g/mol. The fourth-order valence-electron chi connectivity index (χ4n) is 3.16. The lowest BCUT2D eigenvalue weighted by molar-refractivity contribution is -0.156. The zero-order chi connectivity index (χ0) is 21.0. The second-order valence-corrected chi connectivity index (χ2v) is 7.79. The Labute approximate surface area is 172 Å². The number of anilines is 1. The Balaban J connectivity index is 1.60. The van der Waals surface area contributed by atoms with Gasteiger partial charge in [-0.3, -0.25) is 14.4 Å². The van der Waals surface area contributed by atoms with E-state index in [0.717, 1.165) is 0 Å². The van der Waals surface area contributed by atoms with Crippen molar-refractivity contribution in [3.63, 3.8) is 0 Å². The highest BCUT2D eigenvalue weighted by atomic mass is 32.1. The second-order valence-electron chi connectivity index (χ2n) is 6.84. The maximum Gasteiger partial charge on any atom is 0.329 e. The Hall–Kier alpha value is -3.00. The molecular formula is C21H22N2O5S. The highest BCUT2D eigenvalue weighted by molar-refractivity contribution is 7.12. The van der Waals surface area contributed by atoms with Crippen molar-refractivity contribution in [2.75, 3.05) is 11.9 Å². The summed E-state index contributed by atoms with van der Waals surface area (Å²) in [6.07, 6.45) is 0.169. The molecule has 2 aromatic rings. The summed E-state index contributed by atoms with van der Waals surface area (Å²) in [5.74, 6) is -1.41. The van der Waals surface area contributed by atoms with Crippen LogP contribution in [0.15, 0.2) is 41.8 Å². The van der Waals surface area contributed by atoms with Crippen LogP contribution in [0, 0.1) is 0 Å². The fourth-order valence-corrected chi connectivity index (χ4v) is 3.84. The number of Topliss-reactive ketones (excluding diaryl/α,β-unsaturated/α-hetero) is 1. The third-order valence-corrected chi connectivity index (χ3v) is 5.57. The molecule has 8 heteroatoms. The topological polar surface area (TPSA) is 92.8 Å². The Morgan fingerprint density at radius 2 is 2.00 bits per heavy atom. The molecule has 152 valence electrons. The number of esters is 1. The Morgan fingerprint density at radius 3 is 2.69 bits per heavy atom. The Kier molecular flexibility index (Phi) is 6.43. The van der Waals surface area contributed by atoms with Crippen LogP contribution in [0.3, 0.4) is 0 Å². The summed E-state index contributed by atoms with van der Waals surface area (Å²) in [5.41, 5.74) is 0.919. The molecule has 1 aromatic carbocycles. The summed E-state index contributed by atoms with van der Waals surface area (Å²) in [4.78, 5) is 51.1. The Bertz CT molecular complexity index is 925. The van der Waals surface area contributed by atoms with E-state index in [9.17, 15) is 19.2 Å². The molecule has 0 unspecified atom stereocenters. The van der Waals surface area contributed by atoms with Gasteiger partial charge < -0.3 is 15.0 Å². The van der Waals surface area contributed by atoms with Crippen LogP contribution < -0.4 is 5.32 Å². The van der Waals surface area contributed by atoms with Crippen molar-refractivity contribution in [2.24, 2.45) is 0 Å². The number of rotatable bonds is 6. The van der Waals surface area contributed by atoms with Gasteiger partial charge in [-0.15, -0.1) is 11.3 Å². The summed E-state index contributed by atoms with van der Waals surface area (Å²) >= 11 is 1.32. The van der Waals surface area contributed by atoms with Crippen molar-refractivity contribution in [1.82, 2.24) is 4.90 Å². The molecule has 7 nitrogen and oxygen atoms in total. The van der Waals surface area contributed by atoms with Crippen LogP contribution in [0.4, 0.5) is 5.69 Å². The van der Waals surface area contributed by atoms with E-state index in [4.69, 9.17) is 4.74 Å². The fraction of sp³-hybridized carbons (Fsp3) is 0.333. The van der Waals surface area contributed by atoms with Gasteiger partial charge in [0.1, 0.15) is 6.04 Å². The van der Waals surface area contributed by atoms with Gasteiger partial charge in [0.25, 0.3) is 11.8 Å². The van der Waals surface area contributed by atoms with Crippen LogP contribution >= 0.6 is 11.3 Å². The van der Waals surface area contributed by atoms with Crippen molar-refractivity contribution < 1.29 is 23.9 Å². The number of amides is 2. The first-order valence-corrected chi connectivity index (χ1v) is 10.2. The van der Waals surface area contributed by atoms with E-state index < -0.39 is 24.0 Å². The quantitative estimate of drug-likeness (QED) is 0.579. The summed E-state index contributed by atoms with van der Waals surface area (Å²) in [6, 6.07) is 9.34. The molecule has 0 saturated carbocycles. The van der Waals surface area contributed by atoms with E-state index in [-0.39, 0.29) is 11.7 Å². The van der Waals surface area contributed by atoms with Crippen LogP contribution in [0.5, 0.6) is 0 Å². The number of thiophene rings is 1. The van der Waals surface area contributed by atoms with Crippen LogP contribution in [-0.2, 0) is 14.3 Å². The predicted octanol–water partition coefficient (Wildman–Crippen LogP) is 3.13. The lowest BCUT2D eigenvalue weighted by Crippen LogP contribution is -2.43. The summed E-state index contributed by atoms with van der Waals surface area (Å²) in [5, 5.41) is 4.45. The summed E-state index contributed by atoms with van der Waals surface area (Å²) in [7, 11) is 0. The summed E-state index contributed by atoms with van der Waals surface area (Å²) < 4.78 is 5.34. The normalized spacial score (nSPS) is 16.9. The molecule has 0 bridgehead atoms. The molecule has 0 spiro atoms. The molecule has 1 aliphatic rings. The molecule has 3 rings (SSSR count). The minimum absolute atomic E-state index is 0.114. The van der Waals surface area contributed by atoms with Gasteiger partial charge in [0.05, 0.1) is 4.88 Å². The van der Waals surface area contributed by atoms with E-state index in [1.165, 1.54) is 30.1 Å². The van der Waals surface area contributed by atoms with Gasteiger partial charge in [0.2, 0.25) is 0 Å². The van der Waals surface area contributed by atoms with Gasteiger partial charge in [0.15, 0.2) is 11.9 Å². The highest BCUT2D eigenvalue weighted by Crippen LogP contribution is 2.23. The first-order chi connectivity index (χ1) is 13.9. The lowest BCUT2D eigenvalue weighted by Gasteiger charge is -2.24. The van der Waals surface area contributed by atoms with Crippen LogP contribution in [-0.4, -0.2) is 47.2 Å². The number of likely N-dealkylation sites (tertiary alicyclic amines) is 1. The van der Waals surface area contributed by atoms with Gasteiger partial charge >= 0.3 is 5.97 Å². The van der Waals surface area contributed by atoms with Gasteiger partial charge in [-0.05, 0) is 50.3 Å². The maximum atomic E-state index is 12.6. The van der Waals surface area contributed by atoms with E-state index in [2.05, 4.69) is 5.32 Å². The number of ether oxygens (including phenoxy) is 1. The molecule has 1 aliphatic heterocycles. The predicted molar refractivity (Wildman–Crippen MR) is 109 cm³/mol. The van der Waals surface area contributed by atoms with Crippen molar-refractivity contribution in [3.8, 4) is 0 Å². The monoisotopic (exact) mass is 414 g/mol. The minimum Gasteiger partial charge on any atom is -0.451 e. The minimum atomic E-state index is -1.04. The summed E-state index contributed by atoms with van der Waals surface area (Å²) in [6.45, 7) is 3.40. The zero-order valence-electron chi connectivity index (χ0n) is 16.2. The van der Waals surface area contributed by atoms with Gasteiger partial charge in [0, 0.05) is 17.8 Å². The number of carbonyl (C=O) groups is 4. The zero-order valence-corrected chi connectivity index (χ0v) is 17.0. The van der Waals surface area contributed by atoms with Crippen molar-refractivity contribution in [1.29, 1.82) is 0 Å². The van der Waals surface area contributed by atoms with E-state index >= 15 is 0 Å². The molecule has 0 aliphatic carbocycles. The third kappa shape index (κ3) is 4.89. The third-order valence-electron chi connectivity index (χ3n) is 4.72. The van der Waals surface area contributed by atoms with E-state index in [1.807, 2.05) is 5.38 Å². The standard InChI is InChI=1S/C21H22N2O5S/c1-13(24)15-6-3-7-16(12-15)22-19(25)14(2)28-21(27)17-8-4-10-23(17)20(26)18-9-5-11-29-18/h3,5-7,9,11-12,14,17H,4,8,10H2,1-2H3,(H,22,25)/t14-,17+/m1/s1. The highest BCUT2D eigenvalue weighted by Gasteiger charge is 2.37. The Morgan fingerprint density at radius 1 is 1.21 bits per heavy atom. The molecule has 29 heavy (non-hydrogen) atoms. The first-order valence-electron chi connectivity index (χ1n) is 9.33. The molecule has 0 radical (unpaired) electrons. The lowest BCUT2D eigenvalue weighted by atomic mass is 10.1. The van der Waals surface area contributed by atoms with Gasteiger partial charge in [-0.2, -0.15) is 0 Å². The molecule has 2 atom stereocenters. The van der Waals surface area contributed by atoms with Crippen molar-refractivity contribution >= 4 is 40.6 Å². The van der Waals surface area contributed by atoms with Gasteiger partial charge in [-0.1, -0.05) is 18.2 Å². The second kappa shape index (κ2) is 9.00. The van der Waals surface area contributed by atoms with Crippen LogP contribution in [0.25, 0.3) is 0 Å². The number of nitrogens with one attached hydrogen (secondary N) is 1. The van der Waals surface area contributed by atoms with E-state index in [0.29, 0.717) is 35.5 Å². The largest absolute Gasteiger partial charge is 0.451 e. The SMILES string of the molecule is CC(=O)c1cccc(NC(=O)[C@@H](C)OC(=O)[C@@H]2CCCN2C(=O)c2cccs2)c1. The molecule has 1 aromatic heterocycles. The number of nitrogens with zero attached hydrogens (tertiary/aromatic N) is 1. The smallest absolute Gasteiger partial charge is 0.329 e. The van der Waals surface area contributed by atoms with E-state index in [1.54, 1.807) is 36.4 Å². The van der Waals surface area contributed by atoms with Crippen molar-refractivity contribution in [3.05, 3.63) is 52.2 Å². The van der Waals surface area contributed by atoms with Crippen molar-refractivity contribution in [2.45, 2.75) is 38.8 Å². The van der Waals surface area contributed by atoms with Crippen LogP contribution in [0.1, 0.15) is 46.7 Å². The molecule has 1 fully saturated rings. The first kappa shape index (κ1) is 20.7. The maximum absolute atomic E-state index is 12.6. The van der Waals surface area contributed by atoms with Crippen LogP contribution in [0.2, 0.25) is 0 Å². The number of carbonyl (C=O) groups excluding carboxylic acids is 4. The molecule has 1 N–H and O–H groups in total. The molecule has 2 amide bonds. The number of ketones is 1. The molecule has 1 saturated heterocycles. The average Bonchev–Trinajstić information content (AvgIpc) is 3.39.